The standard InChI is InChI=1S/C6H12N2O8/c9-1-5(2-10,7(13)14)6(3-11,4-12)8(15)16/h9-12H,1-4H2. The molecule has 0 spiro atoms. The predicted octanol–water partition coefficient (Wildman–Crippen LogP) is -3.01. The molecule has 10 heteroatoms. The summed E-state index contributed by atoms with van der Waals surface area (Å²) in [6, 6.07) is 0. The molecular formula is C6H12N2O8. The van der Waals surface area contributed by atoms with Crippen molar-refractivity contribution >= 4 is 0 Å². The summed E-state index contributed by atoms with van der Waals surface area (Å²) in [4.78, 5) is 18.9. The molecule has 0 atom stereocenters. The lowest BCUT2D eigenvalue weighted by atomic mass is 9.79. The highest BCUT2D eigenvalue weighted by molar-refractivity contribution is 5.00. The van der Waals surface area contributed by atoms with Gasteiger partial charge >= 0.3 is 11.1 Å². The van der Waals surface area contributed by atoms with E-state index in [0.29, 0.717) is 0 Å². The van der Waals surface area contributed by atoms with Crippen LogP contribution in [0.15, 0.2) is 0 Å². The number of nitro groups is 2. The van der Waals surface area contributed by atoms with Crippen LogP contribution >= 0.6 is 0 Å². The van der Waals surface area contributed by atoms with Gasteiger partial charge in [-0.15, -0.1) is 0 Å². The maximum atomic E-state index is 10.7. The van der Waals surface area contributed by atoms with Gasteiger partial charge in [0.2, 0.25) is 0 Å². The van der Waals surface area contributed by atoms with Crippen LogP contribution in [-0.4, -0.2) is 67.8 Å². The molecule has 0 aromatic rings. The van der Waals surface area contributed by atoms with Crippen LogP contribution in [0.25, 0.3) is 0 Å². The van der Waals surface area contributed by atoms with Crippen LogP contribution in [-0.2, 0) is 0 Å². The minimum atomic E-state index is -2.85. The third-order valence-electron chi connectivity index (χ3n) is 2.61. The van der Waals surface area contributed by atoms with Crippen LogP contribution in [0, 0.1) is 20.2 Å². The molecule has 0 saturated heterocycles. The molecule has 0 radical (unpaired) electrons. The first-order valence-electron chi connectivity index (χ1n) is 4.11. The van der Waals surface area contributed by atoms with Gasteiger partial charge in [-0.25, -0.2) is 0 Å². The molecule has 4 N–H and O–H groups in total. The van der Waals surface area contributed by atoms with Crippen molar-refractivity contribution in [3.8, 4) is 0 Å². The van der Waals surface area contributed by atoms with Crippen molar-refractivity contribution in [1.29, 1.82) is 0 Å². The van der Waals surface area contributed by atoms with Gasteiger partial charge in [0.05, 0.1) is 0 Å². The molecule has 94 valence electrons. The molecule has 0 aliphatic heterocycles. The molecule has 0 rings (SSSR count). The molecule has 0 saturated carbocycles. The Bertz CT molecular complexity index is 244. The van der Waals surface area contributed by atoms with E-state index in [-0.39, 0.29) is 0 Å². The monoisotopic (exact) mass is 240 g/mol. The number of hydrogen-bond acceptors (Lipinski definition) is 8. The molecule has 0 bridgehead atoms. The van der Waals surface area contributed by atoms with Gasteiger partial charge in [-0.1, -0.05) is 0 Å². The van der Waals surface area contributed by atoms with Crippen molar-refractivity contribution in [2.24, 2.45) is 0 Å². The molecule has 0 aromatic heterocycles. The van der Waals surface area contributed by atoms with E-state index < -0.39 is 47.4 Å². The minimum absolute atomic E-state index is 1.28. The van der Waals surface area contributed by atoms with Crippen LogP contribution in [0.2, 0.25) is 0 Å². The van der Waals surface area contributed by atoms with Crippen molar-refractivity contribution in [2.45, 2.75) is 11.1 Å². The van der Waals surface area contributed by atoms with Crippen LogP contribution in [0.3, 0.4) is 0 Å². The summed E-state index contributed by atoms with van der Waals surface area (Å²) in [6.45, 7) is -5.56. The lowest BCUT2D eigenvalue weighted by Crippen LogP contribution is -2.71. The summed E-state index contributed by atoms with van der Waals surface area (Å²) in [5.74, 6) is 0. The van der Waals surface area contributed by atoms with Gasteiger partial charge in [0.1, 0.15) is 26.4 Å². The zero-order valence-corrected chi connectivity index (χ0v) is 8.14. The van der Waals surface area contributed by atoms with Crippen molar-refractivity contribution < 1.29 is 30.3 Å². The highest BCUT2D eigenvalue weighted by Gasteiger charge is 2.70. The molecule has 0 amide bonds. The zero-order chi connectivity index (χ0) is 13.0. The fourth-order valence-electron chi connectivity index (χ4n) is 1.26. The molecule has 0 fully saturated rings. The van der Waals surface area contributed by atoms with E-state index in [1.54, 1.807) is 0 Å². The second kappa shape index (κ2) is 5.12. The summed E-state index contributed by atoms with van der Waals surface area (Å²) in [6.07, 6.45) is 0. The van der Waals surface area contributed by atoms with E-state index in [4.69, 9.17) is 20.4 Å². The fraction of sp³-hybridized carbons (Fsp3) is 1.00. The van der Waals surface area contributed by atoms with Gasteiger partial charge in [0.25, 0.3) is 0 Å². The molecule has 0 aliphatic rings. The second-order valence-corrected chi connectivity index (χ2v) is 3.21. The Hall–Kier alpha value is -1.36. The molecule has 16 heavy (non-hydrogen) atoms. The van der Waals surface area contributed by atoms with Crippen molar-refractivity contribution in [3.63, 3.8) is 0 Å². The normalized spacial score (nSPS) is 12.5. The van der Waals surface area contributed by atoms with Crippen molar-refractivity contribution in [2.75, 3.05) is 26.4 Å². The Labute approximate surface area is 89.0 Å². The second-order valence-electron chi connectivity index (χ2n) is 3.21. The Morgan fingerprint density at radius 1 is 0.750 bits per heavy atom. The topological polar surface area (TPSA) is 167 Å². The largest absolute Gasteiger partial charge is 0.388 e. The van der Waals surface area contributed by atoms with Crippen LogP contribution in [0.5, 0.6) is 0 Å². The Morgan fingerprint density at radius 3 is 1.00 bits per heavy atom. The minimum Gasteiger partial charge on any atom is -0.388 e. The van der Waals surface area contributed by atoms with Crippen LogP contribution in [0.1, 0.15) is 0 Å². The van der Waals surface area contributed by atoms with Gasteiger partial charge in [-0.05, 0) is 0 Å². The SMILES string of the molecule is O=[N+]([O-])C(CO)(CO)C(CO)(CO)[N+](=O)[O-]. The molecule has 0 aliphatic carbocycles. The highest BCUT2D eigenvalue weighted by Crippen LogP contribution is 2.28. The first-order valence-corrected chi connectivity index (χ1v) is 4.11. The number of aliphatic hydroxyl groups is 4. The molecule has 10 nitrogen and oxygen atoms in total. The number of nitrogens with zero attached hydrogens (tertiary/aromatic N) is 2. The molecule has 0 heterocycles. The maximum absolute atomic E-state index is 10.7. The van der Waals surface area contributed by atoms with Crippen LogP contribution < -0.4 is 0 Å². The van der Waals surface area contributed by atoms with E-state index in [9.17, 15) is 20.2 Å². The highest BCUT2D eigenvalue weighted by atomic mass is 16.7. The van der Waals surface area contributed by atoms with Crippen molar-refractivity contribution in [1.82, 2.24) is 0 Å². The Balaban J connectivity index is 5.78. The summed E-state index contributed by atoms with van der Waals surface area (Å²) < 4.78 is 0. The summed E-state index contributed by atoms with van der Waals surface area (Å²) >= 11 is 0. The van der Waals surface area contributed by atoms with Gasteiger partial charge in [0.15, 0.2) is 0 Å². The quantitative estimate of drug-likeness (QED) is 0.269. The third kappa shape index (κ3) is 1.71. The number of aliphatic hydroxyl groups excluding tert-OH is 4. The Kier molecular flexibility index (Phi) is 4.68. The summed E-state index contributed by atoms with van der Waals surface area (Å²) in [7, 11) is 0. The van der Waals surface area contributed by atoms with Gasteiger partial charge in [0, 0.05) is 9.85 Å². The summed E-state index contributed by atoms with van der Waals surface area (Å²) in [5, 5.41) is 56.9. The number of hydrogen-bond donors (Lipinski definition) is 4. The number of rotatable bonds is 7. The van der Waals surface area contributed by atoms with Crippen molar-refractivity contribution in [3.05, 3.63) is 20.2 Å². The maximum Gasteiger partial charge on any atom is 0.339 e. The average Bonchev–Trinajstić information content (AvgIpc) is 2.25. The van der Waals surface area contributed by atoms with E-state index in [1.165, 1.54) is 0 Å². The van der Waals surface area contributed by atoms with Gasteiger partial charge < -0.3 is 20.4 Å². The smallest absolute Gasteiger partial charge is 0.339 e. The van der Waals surface area contributed by atoms with Crippen LogP contribution in [0.4, 0.5) is 0 Å². The zero-order valence-electron chi connectivity index (χ0n) is 8.14. The van der Waals surface area contributed by atoms with Gasteiger partial charge in [-0.3, -0.25) is 20.2 Å². The van der Waals surface area contributed by atoms with E-state index in [1.807, 2.05) is 0 Å². The first kappa shape index (κ1) is 14.6. The molecule has 0 aromatic carbocycles. The summed E-state index contributed by atoms with van der Waals surface area (Å²) in [5.41, 5.74) is -5.69. The Morgan fingerprint density at radius 2 is 0.938 bits per heavy atom. The van der Waals surface area contributed by atoms with Gasteiger partial charge in [-0.2, -0.15) is 0 Å². The third-order valence-corrected chi connectivity index (χ3v) is 2.61. The lowest BCUT2D eigenvalue weighted by Gasteiger charge is -2.32. The fourth-order valence-corrected chi connectivity index (χ4v) is 1.26. The predicted molar refractivity (Wildman–Crippen MR) is 47.8 cm³/mol. The molecular weight excluding hydrogens is 228 g/mol. The average molecular weight is 240 g/mol. The molecule has 0 unspecified atom stereocenters. The van der Waals surface area contributed by atoms with E-state index in [0.717, 1.165) is 0 Å². The first-order chi connectivity index (χ1) is 7.38. The van der Waals surface area contributed by atoms with E-state index >= 15 is 0 Å². The van der Waals surface area contributed by atoms with E-state index in [2.05, 4.69) is 0 Å². The lowest BCUT2D eigenvalue weighted by molar-refractivity contribution is -0.693.